The van der Waals surface area contributed by atoms with Crippen molar-refractivity contribution in [3.63, 3.8) is 0 Å². The zero-order valence-corrected chi connectivity index (χ0v) is 17.5. The van der Waals surface area contributed by atoms with Gasteiger partial charge in [-0.25, -0.2) is 9.18 Å². The summed E-state index contributed by atoms with van der Waals surface area (Å²) in [6, 6.07) is 19.0. The summed E-state index contributed by atoms with van der Waals surface area (Å²) in [6.45, 7) is 0. The lowest BCUT2D eigenvalue weighted by atomic mass is 9.94. The Kier molecular flexibility index (Phi) is 6.28. The Morgan fingerprint density at radius 1 is 1.09 bits per heavy atom. The van der Waals surface area contributed by atoms with E-state index in [4.69, 9.17) is 9.47 Å². The number of benzene rings is 3. The van der Waals surface area contributed by atoms with Crippen molar-refractivity contribution >= 4 is 11.8 Å². The maximum absolute atomic E-state index is 13.2. The zero-order valence-electron chi connectivity index (χ0n) is 17.5. The molecule has 0 radical (unpaired) electrons. The number of amides is 1. The lowest BCUT2D eigenvalue weighted by Crippen LogP contribution is -2.29. The van der Waals surface area contributed by atoms with E-state index in [1.165, 1.54) is 42.3 Å². The molecular formula is C25H24FNO5. The van der Waals surface area contributed by atoms with E-state index in [1.807, 2.05) is 18.2 Å². The van der Waals surface area contributed by atoms with Crippen LogP contribution in [0.15, 0.2) is 72.8 Å². The molecule has 3 aromatic rings. The Labute approximate surface area is 185 Å². The molecule has 1 aliphatic rings. The first-order valence-electron chi connectivity index (χ1n) is 10.3. The van der Waals surface area contributed by atoms with Crippen molar-refractivity contribution in [2.75, 3.05) is 12.0 Å². The Bertz CT molecular complexity index is 1070. The Morgan fingerprint density at radius 3 is 2.47 bits per heavy atom. The number of hydrogen-bond donors (Lipinski definition) is 2. The Morgan fingerprint density at radius 2 is 1.81 bits per heavy atom. The van der Waals surface area contributed by atoms with Gasteiger partial charge >= 0.3 is 6.09 Å². The van der Waals surface area contributed by atoms with Crippen molar-refractivity contribution in [1.29, 1.82) is 0 Å². The van der Waals surface area contributed by atoms with Crippen molar-refractivity contribution in [2.45, 2.75) is 31.1 Å². The van der Waals surface area contributed by atoms with Crippen LogP contribution in [0.5, 0.6) is 11.5 Å². The molecule has 4 rings (SSSR count). The fraction of sp³-hybridized carbons (Fsp3) is 0.240. The first-order valence-corrected chi connectivity index (χ1v) is 10.3. The molecule has 0 unspecified atom stereocenters. The minimum Gasteiger partial charge on any atom is -0.507 e. The summed E-state index contributed by atoms with van der Waals surface area (Å²) in [4.78, 5) is 14.4. The number of aromatic hydroxyl groups is 1. The van der Waals surface area contributed by atoms with E-state index in [-0.39, 0.29) is 11.6 Å². The molecule has 0 aromatic heterocycles. The molecule has 3 atom stereocenters. The number of phenolic OH excluding ortho intramolecular Hbond substituents is 1. The van der Waals surface area contributed by atoms with Gasteiger partial charge in [-0.3, -0.25) is 4.90 Å². The smallest absolute Gasteiger partial charge is 0.415 e. The number of para-hydroxylation sites is 1. The van der Waals surface area contributed by atoms with Crippen LogP contribution in [-0.2, 0) is 4.74 Å². The molecule has 0 saturated carbocycles. The number of aliphatic hydroxyl groups excluding tert-OH is 1. The molecular weight excluding hydrogens is 413 g/mol. The van der Waals surface area contributed by atoms with E-state index in [2.05, 4.69) is 0 Å². The topological polar surface area (TPSA) is 79.2 Å². The number of halogens is 1. The highest BCUT2D eigenvalue weighted by molar-refractivity contribution is 5.91. The molecule has 1 amide bonds. The fourth-order valence-corrected chi connectivity index (χ4v) is 4.02. The van der Waals surface area contributed by atoms with Gasteiger partial charge < -0.3 is 19.7 Å². The lowest BCUT2D eigenvalue weighted by molar-refractivity contribution is 0.100. The summed E-state index contributed by atoms with van der Waals surface area (Å²) < 4.78 is 24.0. The van der Waals surface area contributed by atoms with E-state index in [0.29, 0.717) is 35.4 Å². The highest BCUT2D eigenvalue weighted by Gasteiger charge is 2.44. The van der Waals surface area contributed by atoms with Crippen LogP contribution < -0.4 is 9.64 Å². The molecule has 6 nitrogen and oxygen atoms in total. The van der Waals surface area contributed by atoms with Gasteiger partial charge in [0.25, 0.3) is 0 Å². The predicted octanol–water partition coefficient (Wildman–Crippen LogP) is 5.12. The van der Waals surface area contributed by atoms with Gasteiger partial charge in [-0.15, -0.1) is 0 Å². The normalized spacial score (nSPS) is 19.0. The molecule has 1 aliphatic heterocycles. The molecule has 3 aromatic carbocycles. The average molecular weight is 437 g/mol. The first-order chi connectivity index (χ1) is 15.5. The second-order valence-electron chi connectivity index (χ2n) is 7.64. The van der Waals surface area contributed by atoms with Gasteiger partial charge in [0.15, 0.2) is 0 Å². The molecule has 0 bridgehead atoms. The van der Waals surface area contributed by atoms with Crippen molar-refractivity contribution < 1.29 is 28.9 Å². The number of hydrogen-bond acceptors (Lipinski definition) is 5. The third-order valence-electron chi connectivity index (χ3n) is 5.65. The van der Waals surface area contributed by atoms with Crippen LogP contribution in [0.4, 0.5) is 14.9 Å². The van der Waals surface area contributed by atoms with Crippen LogP contribution >= 0.6 is 0 Å². The van der Waals surface area contributed by atoms with Crippen molar-refractivity contribution in [3.05, 3.63) is 89.7 Å². The van der Waals surface area contributed by atoms with Gasteiger partial charge in [-0.1, -0.05) is 30.3 Å². The van der Waals surface area contributed by atoms with Gasteiger partial charge in [-0.05, 0) is 54.8 Å². The molecule has 1 fully saturated rings. The fourth-order valence-electron chi connectivity index (χ4n) is 4.02. The highest BCUT2D eigenvalue weighted by Crippen LogP contribution is 2.43. The Hall–Kier alpha value is -3.58. The molecule has 1 saturated heterocycles. The van der Waals surface area contributed by atoms with Crippen LogP contribution in [0.2, 0.25) is 0 Å². The molecule has 0 spiro atoms. The van der Waals surface area contributed by atoms with Crippen LogP contribution in [0.3, 0.4) is 0 Å². The number of nitrogens with zero attached hydrogens (tertiary/aromatic N) is 1. The predicted molar refractivity (Wildman–Crippen MR) is 117 cm³/mol. The van der Waals surface area contributed by atoms with Gasteiger partial charge in [0.05, 0.1) is 13.2 Å². The summed E-state index contributed by atoms with van der Waals surface area (Å²) in [5.41, 5.74) is 1.74. The molecule has 0 aliphatic carbocycles. The zero-order chi connectivity index (χ0) is 22.7. The monoisotopic (exact) mass is 437 g/mol. The molecule has 32 heavy (non-hydrogen) atoms. The number of aliphatic hydroxyl groups is 1. The summed E-state index contributed by atoms with van der Waals surface area (Å²) in [5.74, 6) is 0.0999. The Balaban J connectivity index is 1.63. The highest BCUT2D eigenvalue weighted by atomic mass is 19.1. The maximum atomic E-state index is 13.2. The molecule has 2 N–H and O–H groups in total. The standard InChI is InChI=1S/C25H24FNO5/c1-31-19-11-12-20(22(29)15-19)24-23(14-13-21(28)16-7-9-17(26)10-8-16)32-25(30)27(24)18-5-3-2-4-6-18/h2-12,15,21,23-24,28-29H,13-14H2,1H3/t21-,23+,24+/m0/s1. The van der Waals surface area contributed by atoms with Gasteiger partial charge in [-0.2, -0.15) is 0 Å². The van der Waals surface area contributed by atoms with Gasteiger partial charge in [0, 0.05) is 17.3 Å². The van der Waals surface area contributed by atoms with Crippen molar-refractivity contribution in [2.24, 2.45) is 0 Å². The minimum absolute atomic E-state index is 0.0161. The first kappa shape index (κ1) is 21.6. The van der Waals surface area contributed by atoms with E-state index >= 15 is 0 Å². The largest absolute Gasteiger partial charge is 0.507 e. The number of cyclic esters (lactones) is 1. The summed E-state index contributed by atoms with van der Waals surface area (Å²) >= 11 is 0. The van der Waals surface area contributed by atoms with Crippen LogP contribution in [0.25, 0.3) is 0 Å². The van der Waals surface area contributed by atoms with E-state index in [1.54, 1.807) is 24.3 Å². The third kappa shape index (κ3) is 4.38. The second-order valence-corrected chi connectivity index (χ2v) is 7.64. The quantitative estimate of drug-likeness (QED) is 0.536. The number of anilines is 1. The maximum Gasteiger partial charge on any atom is 0.415 e. The number of rotatable bonds is 7. The van der Waals surface area contributed by atoms with Crippen molar-refractivity contribution in [3.8, 4) is 11.5 Å². The minimum atomic E-state index is -0.842. The number of carbonyl (C=O) groups excluding carboxylic acids is 1. The molecule has 1 heterocycles. The van der Waals surface area contributed by atoms with Gasteiger partial charge in [0.2, 0.25) is 0 Å². The van der Waals surface area contributed by atoms with Crippen LogP contribution in [0, 0.1) is 5.82 Å². The van der Waals surface area contributed by atoms with Crippen LogP contribution in [-0.4, -0.2) is 29.5 Å². The second kappa shape index (κ2) is 9.28. The SMILES string of the molecule is COc1ccc([C@@H]2[C@@H](CC[C@H](O)c3ccc(F)cc3)OC(=O)N2c2ccccc2)c(O)c1. The van der Waals surface area contributed by atoms with Crippen LogP contribution in [0.1, 0.15) is 36.1 Å². The van der Waals surface area contributed by atoms with E-state index in [0.717, 1.165) is 0 Å². The van der Waals surface area contributed by atoms with E-state index < -0.39 is 24.3 Å². The number of carbonyl (C=O) groups is 1. The number of ether oxygens (including phenoxy) is 2. The number of methoxy groups -OCH3 is 1. The van der Waals surface area contributed by atoms with E-state index in [9.17, 15) is 19.4 Å². The third-order valence-corrected chi connectivity index (χ3v) is 5.65. The summed E-state index contributed by atoms with van der Waals surface area (Å²) in [6.07, 6.45) is -1.36. The lowest BCUT2D eigenvalue weighted by Gasteiger charge is -2.26. The van der Waals surface area contributed by atoms with Gasteiger partial charge in [0.1, 0.15) is 29.5 Å². The van der Waals surface area contributed by atoms with Crippen molar-refractivity contribution in [1.82, 2.24) is 0 Å². The number of phenols is 1. The molecule has 7 heteroatoms. The summed E-state index contributed by atoms with van der Waals surface area (Å²) in [5, 5.41) is 21.2. The average Bonchev–Trinajstić information content (AvgIpc) is 3.14. The molecule has 166 valence electrons. The summed E-state index contributed by atoms with van der Waals surface area (Å²) in [7, 11) is 1.51.